The van der Waals surface area contributed by atoms with Crippen LogP contribution in [0.1, 0.15) is 26.3 Å². The maximum Gasteiger partial charge on any atom is 0.118 e. The van der Waals surface area contributed by atoms with E-state index < -0.39 is 5.60 Å². The molecule has 0 saturated heterocycles. The van der Waals surface area contributed by atoms with Gasteiger partial charge in [-0.25, -0.2) is 0 Å². The van der Waals surface area contributed by atoms with Crippen molar-refractivity contribution in [3.05, 3.63) is 29.8 Å². The van der Waals surface area contributed by atoms with Crippen LogP contribution < -0.4 is 10.1 Å². The van der Waals surface area contributed by atoms with Gasteiger partial charge in [0.05, 0.1) is 7.11 Å². The summed E-state index contributed by atoms with van der Waals surface area (Å²) < 4.78 is 5.13. The quantitative estimate of drug-likeness (QED) is 0.796. The number of rotatable bonds is 6. The minimum Gasteiger partial charge on any atom is -0.497 e. The summed E-state index contributed by atoms with van der Waals surface area (Å²) in [5.74, 6) is 0.957. The van der Waals surface area contributed by atoms with Gasteiger partial charge in [-0.15, -0.1) is 0 Å². The number of methoxy groups -OCH3 is 1. The predicted molar refractivity (Wildman–Crippen MR) is 70.3 cm³/mol. The third kappa shape index (κ3) is 3.20. The third-order valence-corrected chi connectivity index (χ3v) is 3.19. The van der Waals surface area contributed by atoms with E-state index in [1.807, 2.05) is 45.0 Å². The summed E-state index contributed by atoms with van der Waals surface area (Å²) in [4.78, 5) is 0. The zero-order valence-electron chi connectivity index (χ0n) is 11.2. The average Bonchev–Trinajstić information content (AvgIpc) is 2.35. The Morgan fingerprint density at radius 3 is 2.29 bits per heavy atom. The summed E-state index contributed by atoms with van der Waals surface area (Å²) in [6.45, 7) is 7.51. The maximum absolute atomic E-state index is 10.8. The van der Waals surface area contributed by atoms with Gasteiger partial charge in [0.2, 0.25) is 0 Å². The van der Waals surface area contributed by atoms with Crippen LogP contribution in [0.2, 0.25) is 0 Å². The first kappa shape index (κ1) is 14.0. The Balaban J connectivity index is 2.96. The Bertz CT molecular complexity index is 335. The number of aliphatic hydroxyl groups is 1. The molecule has 0 bridgehead atoms. The Morgan fingerprint density at radius 1 is 1.29 bits per heavy atom. The zero-order chi connectivity index (χ0) is 12.9. The van der Waals surface area contributed by atoms with Gasteiger partial charge in [-0.2, -0.15) is 0 Å². The highest BCUT2D eigenvalue weighted by molar-refractivity contribution is 5.31. The van der Waals surface area contributed by atoms with Crippen LogP contribution in [0.5, 0.6) is 5.75 Å². The van der Waals surface area contributed by atoms with Crippen LogP contribution in [0.4, 0.5) is 0 Å². The predicted octanol–water partition coefficient (Wildman–Crippen LogP) is 2.15. The molecule has 0 aliphatic carbocycles. The van der Waals surface area contributed by atoms with E-state index in [-0.39, 0.29) is 5.92 Å². The molecule has 0 fully saturated rings. The molecule has 0 radical (unpaired) electrons. The second-order valence-electron chi connectivity index (χ2n) is 4.59. The van der Waals surface area contributed by atoms with Gasteiger partial charge in [0.25, 0.3) is 0 Å². The second-order valence-corrected chi connectivity index (χ2v) is 4.59. The van der Waals surface area contributed by atoms with Gasteiger partial charge in [-0.05, 0) is 30.2 Å². The van der Waals surface area contributed by atoms with E-state index in [1.165, 1.54) is 0 Å². The molecular weight excluding hydrogens is 214 g/mol. The zero-order valence-corrected chi connectivity index (χ0v) is 11.2. The van der Waals surface area contributed by atoms with E-state index in [4.69, 9.17) is 4.74 Å². The van der Waals surface area contributed by atoms with Crippen molar-refractivity contribution in [2.75, 3.05) is 20.2 Å². The van der Waals surface area contributed by atoms with Crippen molar-refractivity contribution in [2.24, 2.45) is 5.92 Å². The Hall–Kier alpha value is -1.06. The van der Waals surface area contributed by atoms with Gasteiger partial charge in [0, 0.05) is 6.54 Å². The fraction of sp³-hybridized carbons (Fsp3) is 0.571. The molecule has 0 aliphatic heterocycles. The lowest BCUT2D eigenvalue weighted by atomic mass is 9.83. The molecule has 0 spiro atoms. The van der Waals surface area contributed by atoms with Gasteiger partial charge in [0.1, 0.15) is 11.4 Å². The molecule has 96 valence electrons. The van der Waals surface area contributed by atoms with Crippen LogP contribution in [0.25, 0.3) is 0 Å². The van der Waals surface area contributed by atoms with E-state index >= 15 is 0 Å². The number of hydrogen-bond acceptors (Lipinski definition) is 3. The first-order valence-electron chi connectivity index (χ1n) is 6.12. The Kier molecular flexibility index (Phi) is 4.97. The van der Waals surface area contributed by atoms with Crippen LogP contribution >= 0.6 is 0 Å². The van der Waals surface area contributed by atoms with Gasteiger partial charge >= 0.3 is 0 Å². The summed E-state index contributed by atoms with van der Waals surface area (Å²) >= 11 is 0. The topological polar surface area (TPSA) is 41.5 Å². The summed E-state index contributed by atoms with van der Waals surface area (Å²) in [6.07, 6.45) is 0. The van der Waals surface area contributed by atoms with Crippen molar-refractivity contribution in [3.63, 3.8) is 0 Å². The van der Waals surface area contributed by atoms with Crippen LogP contribution in [-0.2, 0) is 5.60 Å². The lowest BCUT2D eigenvalue weighted by Crippen LogP contribution is -2.42. The first-order chi connectivity index (χ1) is 8.04. The first-order valence-corrected chi connectivity index (χ1v) is 6.12. The smallest absolute Gasteiger partial charge is 0.118 e. The lowest BCUT2D eigenvalue weighted by Gasteiger charge is -2.33. The molecule has 3 nitrogen and oxygen atoms in total. The minimum atomic E-state index is -0.831. The highest BCUT2D eigenvalue weighted by atomic mass is 16.5. The average molecular weight is 237 g/mol. The van der Waals surface area contributed by atoms with Crippen molar-refractivity contribution < 1.29 is 9.84 Å². The summed E-state index contributed by atoms with van der Waals surface area (Å²) in [6, 6.07) is 7.62. The summed E-state index contributed by atoms with van der Waals surface area (Å²) in [5.41, 5.74) is 0.0942. The fourth-order valence-corrected chi connectivity index (χ4v) is 1.83. The lowest BCUT2D eigenvalue weighted by molar-refractivity contribution is -0.00878. The van der Waals surface area contributed by atoms with E-state index in [1.54, 1.807) is 7.11 Å². The maximum atomic E-state index is 10.8. The number of hydrogen-bond donors (Lipinski definition) is 2. The molecule has 0 aliphatic rings. The molecule has 0 saturated carbocycles. The van der Waals surface area contributed by atoms with E-state index in [0.29, 0.717) is 6.54 Å². The summed E-state index contributed by atoms with van der Waals surface area (Å²) in [7, 11) is 1.64. The van der Waals surface area contributed by atoms with Crippen molar-refractivity contribution in [1.82, 2.24) is 5.32 Å². The molecule has 1 rings (SSSR count). The van der Waals surface area contributed by atoms with Crippen LogP contribution in [-0.4, -0.2) is 25.3 Å². The number of benzene rings is 1. The molecule has 1 atom stereocenters. The molecule has 1 aromatic carbocycles. The van der Waals surface area contributed by atoms with Crippen molar-refractivity contribution in [2.45, 2.75) is 26.4 Å². The molecular formula is C14H23NO2. The van der Waals surface area contributed by atoms with Crippen molar-refractivity contribution in [1.29, 1.82) is 0 Å². The standard InChI is InChI=1S/C14H23NO2/c1-5-15-10-14(16,11(2)3)12-6-8-13(17-4)9-7-12/h6-9,11,15-16H,5,10H2,1-4H3. The highest BCUT2D eigenvalue weighted by Gasteiger charge is 2.32. The van der Waals surface area contributed by atoms with Gasteiger partial charge in [-0.3, -0.25) is 0 Å². The van der Waals surface area contributed by atoms with Gasteiger partial charge < -0.3 is 15.2 Å². The molecule has 0 amide bonds. The Morgan fingerprint density at radius 2 is 1.88 bits per heavy atom. The minimum absolute atomic E-state index is 0.148. The summed E-state index contributed by atoms with van der Waals surface area (Å²) in [5, 5.41) is 14.0. The van der Waals surface area contributed by atoms with Gasteiger partial charge in [-0.1, -0.05) is 32.9 Å². The molecule has 0 heterocycles. The Labute approximate surface area is 104 Å². The van der Waals surface area contributed by atoms with Gasteiger partial charge in [0.15, 0.2) is 0 Å². The fourth-order valence-electron chi connectivity index (χ4n) is 1.83. The van der Waals surface area contributed by atoms with E-state index in [2.05, 4.69) is 5.32 Å². The molecule has 0 aromatic heterocycles. The molecule has 2 N–H and O–H groups in total. The number of likely N-dealkylation sites (N-methyl/N-ethyl adjacent to an activating group) is 1. The van der Waals surface area contributed by atoms with E-state index in [9.17, 15) is 5.11 Å². The number of nitrogens with one attached hydrogen (secondary N) is 1. The largest absolute Gasteiger partial charge is 0.497 e. The molecule has 3 heteroatoms. The SMILES string of the molecule is CCNCC(O)(c1ccc(OC)cc1)C(C)C. The van der Waals surface area contributed by atoms with Crippen LogP contribution in [0.15, 0.2) is 24.3 Å². The molecule has 1 aromatic rings. The molecule has 17 heavy (non-hydrogen) atoms. The number of ether oxygens (including phenoxy) is 1. The third-order valence-electron chi connectivity index (χ3n) is 3.19. The normalized spacial score (nSPS) is 14.7. The van der Waals surface area contributed by atoms with Crippen LogP contribution in [0.3, 0.4) is 0 Å². The van der Waals surface area contributed by atoms with E-state index in [0.717, 1.165) is 17.9 Å². The molecule has 1 unspecified atom stereocenters. The van der Waals surface area contributed by atoms with Crippen molar-refractivity contribution in [3.8, 4) is 5.75 Å². The van der Waals surface area contributed by atoms with Crippen molar-refractivity contribution >= 4 is 0 Å². The monoisotopic (exact) mass is 237 g/mol. The highest BCUT2D eigenvalue weighted by Crippen LogP contribution is 2.30. The van der Waals surface area contributed by atoms with Crippen LogP contribution in [0, 0.1) is 5.92 Å². The second kappa shape index (κ2) is 6.03.